The number of benzene rings is 1. The van der Waals surface area contributed by atoms with Crippen LogP contribution in [0.4, 0.5) is 24.7 Å². The van der Waals surface area contributed by atoms with Gasteiger partial charge in [-0.1, -0.05) is 12.1 Å². The second-order valence-corrected chi connectivity index (χ2v) is 9.76. The van der Waals surface area contributed by atoms with Crippen molar-refractivity contribution in [2.24, 2.45) is 0 Å². The van der Waals surface area contributed by atoms with Crippen LogP contribution in [-0.4, -0.2) is 49.7 Å². The molecule has 1 atom stereocenters. The number of hydrogen-bond donors (Lipinski definition) is 3. The molecule has 3 N–H and O–H groups in total. The van der Waals surface area contributed by atoms with Crippen molar-refractivity contribution in [1.82, 2.24) is 15.2 Å². The van der Waals surface area contributed by atoms with Crippen molar-refractivity contribution in [1.29, 1.82) is 0 Å². The van der Waals surface area contributed by atoms with Crippen molar-refractivity contribution in [2.45, 2.75) is 56.8 Å². The minimum Gasteiger partial charge on any atom is -0.386 e. The van der Waals surface area contributed by atoms with Crippen LogP contribution in [0.3, 0.4) is 0 Å². The van der Waals surface area contributed by atoms with Crippen LogP contribution >= 0.6 is 0 Å². The molecular formula is C24H26F3N5O2. The number of nitrogens with one attached hydrogen (secondary N) is 1. The smallest absolute Gasteiger partial charge is 0.304 e. The maximum Gasteiger partial charge on any atom is 0.304 e. The average molecular weight is 473 g/mol. The van der Waals surface area contributed by atoms with Gasteiger partial charge in [-0.05, 0) is 45.7 Å². The van der Waals surface area contributed by atoms with E-state index in [0.29, 0.717) is 35.5 Å². The predicted molar refractivity (Wildman–Crippen MR) is 121 cm³/mol. The highest BCUT2D eigenvalue weighted by molar-refractivity contribution is 5.92. The van der Waals surface area contributed by atoms with Crippen LogP contribution in [0.5, 0.6) is 0 Å². The Morgan fingerprint density at radius 2 is 1.88 bits per heavy atom. The zero-order valence-corrected chi connectivity index (χ0v) is 19.1. The summed E-state index contributed by atoms with van der Waals surface area (Å²) in [7, 11) is 0. The van der Waals surface area contributed by atoms with Crippen molar-refractivity contribution in [3.63, 3.8) is 0 Å². The standard InChI is InChI=1S/C24H26F3N5O2/c1-13(16-5-4-6-18(19(16)25)24(26,27)23(34)7-8-23)29-21-17-9-15(32-11-22(3,33)12-32)10-28-20(17)14(2)30-31-21/h4-6,9-10,13,33-34H,7-8,11-12H2,1-3H3,(H,29,31)/t13-/m1/s1. The Kier molecular flexibility index (Phi) is 5.04. The molecule has 34 heavy (non-hydrogen) atoms. The van der Waals surface area contributed by atoms with Crippen LogP contribution in [0.15, 0.2) is 30.5 Å². The Morgan fingerprint density at radius 3 is 2.53 bits per heavy atom. The van der Waals surface area contributed by atoms with Gasteiger partial charge in [-0.25, -0.2) is 4.39 Å². The molecule has 1 aromatic carbocycles. The number of β-amino-alcohol motifs (C(OH)–C–C–N with tert-alkyl or cyclic N) is 1. The van der Waals surface area contributed by atoms with E-state index in [0.717, 1.165) is 11.8 Å². The van der Waals surface area contributed by atoms with Crippen LogP contribution in [0.1, 0.15) is 49.6 Å². The molecule has 2 aromatic heterocycles. The quantitative estimate of drug-likeness (QED) is 0.501. The number of aromatic nitrogens is 3. The molecule has 5 rings (SSSR count). The van der Waals surface area contributed by atoms with Crippen LogP contribution < -0.4 is 10.2 Å². The third kappa shape index (κ3) is 3.65. The molecule has 1 saturated carbocycles. The molecule has 0 amide bonds. The van der Waals surface area contributed by atoms with E-state index in [9.17, 15) is 19.0 Å². The summed E-state index contributed by atoms with van der Waals surface area (Å²) in [5, 5.41) is 32.1. The average Bonchev–Trinajstić information content (AvgIpc) is 3.53. The molecule has 10 heteroatoms. The third-order valence-electron chi connectivity index (χ3n) is 6.69. The molecule has 1 aliphatic carbocycles. The first-order valence-electron chi connectivity index (χ1n) is 11.2. The first-order chi connectivity index (χ1) is 15.9. The van der Waals surface area contributed by atoms with Crippen LogP contribution in [0.2, 0.25) is 0 Å². The third-order valence-corrected chi connectivity index (χ3v) is 6.69. The normalized spacial score (nSPS) is 19.6. The fourth-order valence-electron chi connectivity index (χ4n) is 4.48. The van der Waals surface area contributed by atoms with E-state index < -0.39 is 34.5 Å². The predicted octanol–water partition coefficient (Wildman–Crippen LogP) is 3.83. The number of alkyl halides is 2. The van der Waals surface area contributed by atoms with E-state index in [1.54, 1.807) is 27.0 Å². The van der Waals surface area contributed by atoms with E-state index >= 15 is 4.39 Å². The van der Waals surface area contributed by atoms with Crippen molar-refractivity contribution in [3.8, 4) is 0 Å². The molecule has 1 aliphatic heterocycles. The van der Waals surface area contributed by atoms with Crippen molar-refractivity contribution >= 4 is 22.4 Å². The lowest BCUT2D eigenvalue weighted by Gasteiger charge is -2.45. The van der Waals surface area contributed by atoms with Crippen molar-refractivity contribution in [2.75, 3.05) is 23.3 Å². The van der Waals surface area contributed by atoms with Gasteiger partial charge in [-0.2, -0.15) is 13.9 Å². The number of anilines is 2. The number of halogens is 3. The lowest BCUT2D eigenvalue weighted by atomic mass is 9.96. The fourth-order valence-corrected chi connectivity index (χ4v) is 4.48. The first-order valence-corrected chi connectivity index (χ1v) is 11.2. The summed E-state index contributed by atoms with van der Waals surface area (Å²) in [5.74, 6) is -4.40. The molecule has 3 aromatic rings. The summed E-state index contributed by atoms with van der Waals surface area (Å²) >= 11 is 0. The highest BCUT2D eigenvalue weighted by atomic mass is 19.3. The molecule has 1 saturated heterocycles. The van der Waals surface area contributed by atoms with Gasteiger partial charge >= 0.3 is 5.92 Å². The molecule has 0 spiro atoms. The maximum absolute atomic E-state index is 15.2. The van der Waals surface area contributed by atoms with Gasteiger partial charge in [0.05, 0.1) is 40.3 Å². The first kappa shape index (κ1) is 22.8. The summed E-state index contributed by atoms with van der Waals surface area (Å²) in [5.41, 5.74) is -1.71. The minimum absolute atomic E-state index is 0.0276. The molecule has 180 valence electrons. The molecule has 0 bridgehead atoms. The lowest BCUT2D eigenvalue weighted by Crippen LogP contribution is -2.60. The van der Waals surface area contributed by atoms with Gasteiger partial charge in [0.1, 0.15) is 11.4 Å². The molecule has 7 nitrogen and oxygen atoms in total. The monoisotopic (exact) mass is 473 g/mol. The van der Waals surface area contributed by atoms with Gasteiger partial charge in [-0.3, -0.25) is 4.98 Å². The second kappa shape index (κ2) is 7.51. The van der Waals surface area contributed by atoms with E-state index in [1.807, 2.05) is 11.0 Å². The van der Waals surface area contributed by atoms with E-state index in [-0.39, 0.29) is 18.4 Å². The van der Waals surface area contributed by atoms with Gasteiger partial charge in [0.15, 0.2) is 5.82 Å². The van der Waals surface area contributed by atoms with Gasteiger partial charge in [-0.15, -0.1) is 5.10 Å². The highest BCUT2D eigenvalue weighted by Gasteiger charge is 2.63. The Bertz CT molecular complexity index is 1270. The van der Waals surface area contributed by atoms with Gasteiger partial charge in [0, 0.05) is 24.0 Å². The number of aliphatic hydroxyl groups is 2. The number of fused-ring (bicyclic) bond motifs is 1. The number of nitrogens with zero attached hydrogens (tertiary/aromatic N) is 4. The van der Waals surface area contributed by atoms with Crippen molar-refractivity contribution < 1.29 is 23.4 Å². The zero-order valence-electron chi connectivity index (χ0n) is 19.1. The number of hydrogen-bond acceptors (Lipinski definition) is 7. The topological polar surface area (TPSA) is 94.4 Å². The number of rotatable bonds is 6. The second-order valence-electron chi connectivity index (χ2n) is 9.76. The number of pyridine rings is 1. The molecule has 2 aliphatic rings. The Hall–Kier alpha value is -2.98. The molecule has 0 unspecified atom stereocenters. The number of aryl methyl sites for hydroxylation is 1. The molecule has 2 fully saturated rings. The summed E-state index contributed by atoms with van der Waals surface area (Å²) in [6, 6.07) is 4.95. The summed E-state index contributed by atoms with van der Waals surface area (Å²) in [6.07, 6.45) is 1.57. The Labute approximate surface area is 194 Å². The Morgan fingerprint density at radius 1 is 1.18 bits per heavy atom. The summed E-state index contributed by atoms with van der Waals surface area (Å²) in [4.78, 5) is 6.48. The van der Waals surface area contributed by atoms with Crippen LogP contribution in [-0.2, 0) is 5.92 Å². The Balaban J connectivity index is 1.48. The zero-order chi connectivity index (χ0) is 24.5. The van der Waals surface area contributed by atoms with Crippen LogP contribution in [0, 0.1) is 12.7 Å². The van der Waals surface area contributed by atoms with Gasteiger partial charge < -0.3 is 20.4 Å². The van der Waals surface area contributed by atoms with E-state index in [1.165, 1.54) is 12.1 Å². The highest BCUT2D eigenvalue weighted by Crippen LogP contribution is 2.54. The maximum atomic E-state index is 15.2. The fraction of sp³-hybridized carbons (Fsp3) is 0.458. The summed E-state index contributed by atoms with van der Waals surface area (Å²) < 4.78 is 44.8. The lowest BCUT2D eigenvalue weighted by molar-refractivity contribution is -0.134. The van der Waals surface area contributed by atoms with E-state index in [2.05, 4.69) is 20.5 Å². The van der Waals surface area contributed by atoms with E-state index in [4.69, 9.17) is 0 Å². The molecular weight excluding hydrogens is 447 g/mol. The largest absolute Gasteiger partial charge is 0.386 e. The SMILES string of the molecule is Cc1nnc(N[C@H](C)c2cccc(C(F)(F)C3(O)CC3)c2F)c2cc(N3CC(C)(O)C3)cnc12. The molecule has 3 heterocycles. The van der Waals surface area contributed by atoms with Crippen molar-refractivity contribution in [3.05, 3.63) is 53.1 Å². The van der Waals surface area contributed by atoms with Gasteiger partial charge in [0.2, 0.25) is 0 Å². The molecule has 0 radical (unpaired) electrons. The van der Waals surface area contributed by atoms with Crippen LogP contribution in [0.25, 0.3) is 10.9 Å². The minimum atomic E-state index is -3.68. The summed E-state index contributed by atoms with van der Waals surface area (Å²) in [6.45, 7) is 6.11. The van der Waals surface area contributed by atoms with Gasteiger partial charge in [0.25, 0.3) is 0 Å².